The molecule has 0 radical (unpaired) electrons. The van der Waals surface area contributed by atoms with Gasteiger partial charge in [-0.3, -0.25) is 0 Å². The fourth-order valence-electron chi connectivity index (χ4n) is 1.25. The molecule has 1 N–H and O–H groups in total. The van der Waals surface area contributed by atoms with Gasteiger partial charge in [-0.2, -0.15) is 0 Å². The van der Waals surface area contributed by atoms with E-state index in [1.54, 1.807) is 18.3 Å². The normalized spacial score (nSPS) is 12.4. The second-order valence-corrected chi connectivity index (χ2v) is 3.53. The van der Waals surface area contributed by atoms with E-state index in [1.807, 2.05) is 6.08 Å². The first-order chi connectivity index (χ1) is 6.74. The molecule has 0 saturated carbocycles. The summed E-state index contributed by atoms with van der Waals surface area (Å²) < 4.78 is 0. The van der Waals surface area contributed by atoms with Crippen molar-refractivity contribution < 1.29 is 5.11 Å². The van der Waals surface area contributed by atoms with Gasteiger partial charge in [0.1, 0.15) is 5.15 Å². The average Bonchev–Trinajstić information content (AvgIpc) is 2.18. The first kappa shape index (κ1) is 11.2. The molecule has 2 nitrogen and oxygen atoms in total. The summed E-state index contributed by atoms with van der Waals surface area (Å²) in [7, 11) is 0. The maximum Gasteiger partial charge on any atom is 0.129 e. The van der Waals surface area contributed by atoms with Crippen molar-refractivity contribution in [2.24, 2.45) is 0 Å². The van der Waals surface area contributed by atoms with Crippen molar-refractivity contribution in [1.29, 1.82) is 0 Å². The number of pyridine rings is 1. The zero-order valence-corrected chi connectivity index (χ0v) is 8.74. The highest BCUT2D eigenvalue weighted by atomic mass is 35.5. The van der Waals surface area contributed by atoms with Crippen LogP contribution in [0.1, 0.15) is 30.9 Å². The van der Waals surface area contributed by atoms with E-state index in [0.717, 1.165) is 24.8 Å². The number of aliphatic hydroxyl groups excluding tert-OH is 1. The Kier molecular flexibility index (Phi) is 4.63. The van der Waals surface area contributed by atoms with Gasteiger partial charge in [-0.15, -0.1) is 6.58 Å². The largest absolute Gasteiger partial charge is 0.388 e. The smallest absolute Gasteiger partial charge is 0.129 e. The molecule has 0 saturated heterocycles. The minimum atomic E-state index is -0.449. The minimum absolute atomic E-state index is 0.422. The van der Waals surface area contributed by atoms with Gasteiger partial charge in [0.05, 0.1) is 6.10 Å². The highest BCUT2D eigenvalue weighted by Gasteiger charge is 2.06. The molecule has 1 atom stereocenters. The van der Waals surface area contributed by atoms with Crippen LogP contribution in [0.2, 0.25) is 5.15 Å². The lowest BCUT2D eigenvalue weighted by Crippen LogP contribution is -1.97. The van der Waals surface area contributed by atoms with Gasteiger partial charge in [-0.05, 0) is 37.0 Å². The van der Waals surface area contributed by atoms with E-state index in [-0.39, 0.29) is 0 Å². The van der Waals surface area contributed by atoms with E-state index in [4.69, 9.17) is 11.6 Å². The summed E-state index contributed by atoms with van der Waals surface area (Å²) in [5.74, 6) is 0. The summed E-state index contributed by atoms with van der Waals surface area (Å²) in [5.41, 5.74) is 0.828. The van der Waals surface area contributed by atoms with Gasteiger partial charge in [-0.25, -0.2) is 4.98 Å². The Morgan fingerprint density at radius 1 is 1.64 bits per heavy atom. The molecule has 0 bridgehead atoms. The van der Waals surface area contributed by atoms with Crippen LogP contribution in [0, 0.1) is 0 Å². The zero-order chi connectivity index (χ0) is 10.4. The third kappa shape index (κ3) is 3.48. The summed E-state index contributed by atoms with van der Waals surface area (Å²) in [4.78, 5) is 3.86. The van der Waals surface area contributed by atoms with Gasteiger partial charge in [0.15, 0.2) is 0 Å². The van der Waals surface area contributed by atoms with Crippen molar-refractivity contribution in [2.75, 3.05) is 0 Å². The van der Waals surface area contributed by atoms with Crippen LogP contribution in [0.3, 0.4) is 0 Å². The number of nitrogens with zero attached hydrogens (tertiary/aromatic N) is 1. The molecule has 0 aliphatic heterocycles. The third-order valence-electron chi connectivity index (χ3n) is 2.02. The first-order valence-corrected chi connectivity index (χ1v) is 5.02. The quantitative estimate of drug-likeness (QED) is 0.461. The van der Waals surface area contributed by atoms with Gasteiger partial charge >= 0.3 is 0 Å². The highest BCUT2D eigenvalue weighted by Crippen LogP contribution is 2.20. The predicted octanol–water partition coefficient (Wildman–Crippen LogP) is 3.12. The van der Waals surface area contributed by atoms with Gasteiger partial charge < -0.3 is 5.11 Å². The number of hydrogen-bond donors (Lipinski definition) is 1. The Bertz CT molecular complexity index is 301. The van der Waals surface area contributed by atoms with Crippen LogP contribution >= 0.6 is 11.6 Å². The fourth-order valence-corrected chi connectivity index (χ4v) is 1.43. The molecular formula is C11H14ClNO. The van der Waals surface area contributed by atoms with Gasteiger partial charge in [0, 0.05) is 6.20 Å². The van der Waals surface area contributed by atoms with Gasteiger partial charge in [0.25, 0.3) is 0 Å². The average molecular weight is 212 g/mol. The lowest BCUT2D eigenvalue weighted by atomic mass is 10.1. The zero-order valence-electron chi connectivity index (χ0n) is 7.99. The monoisotopic (exact) mass is 211 g/mol. The molecule has 3 heteroatoms. The van der Waals surface area contributed by atoms with Crippen LogP contribution in [0.15, 0.2) is 31.0 Å². The molecule has 14 heavy (non-hydrogen) atoms. The lowest BCUT2D eigenvalue weighted by molar-refractivity contribution is 0.165. The molecule has 1 rings (SSSR count). The highest BCUT2D eigenvalue weighted by molar-refractivity contribution is 6.29. The van der Waals surface area contributed by atoms with Gasteiger partial charge in [0.2, 0.25) is 0 Å². The second-order valence-electron chi connectivity index (χ2n) is 3.15. The van der Waals surface area contributed by atoms with Crippen LogP contribution in [-0.4, -0.2) is 10.1 Å². The number of aromatic nitrogens is 1. The van der Waals surface area contributed by atoms with Crippen molar-refractivity contribution >= 4 is 11.6 Å². The van der Waals surface area contributed by atoms with E-state index in [1.165, 1.54) is 0 Å². The van der Waals surface area contributed by atoms with E-state index in [0.29, 0.717) is 5.15 Å². The molecule has 0 aliphatic carbocycles. The maximum atomic E-state index is 9.75. The minimum Gasteiger partial charge on any atom is -0.388 e. The van der Waals surface area contributed by atoms with Crippen LogP contribution < -0.4 is 0 Å². The third-order valence-corrected chi connectivity index (χ3v) is 2.23. The molecule has 0 spiro atoms. The van der Waals surface area contributed by atoms with Crippen molar-refractivity contribution in [2.45, 2.75) is 25.4 Å². The molecule has 76 valence electrons. The van der Waals surface area contributed by atoms with Crippen molar-refractivity contribution in [1.82, 2.24) is 4.98 Å². The molecule has 1 aromatic heterocycles. The van der Waals surface area contributed by atoms with Crippen LogP contribution in [0.25, 0.3) is 0 Å². The van der Waals surface area contributed by atoms with Crippen LogP contribution in [-0.2, 0) is 0 Å². The standard InChI is InChI=1S/C11H14ClNO/c1-2-3-4-5-10(14)9-6-7-13-11(12)8-9/h2,6-8,10,14H,1,3-5H2. The maximum absolute atomic E-state index is 9.75. The Labute approximate surface area is 89.2 Å². The number of allylic oxidation sites excluding steroid dienone is 1. The molecule has 0 amide bonds. The number of halogens is 1. The second kappa shape index (κ2) is 5.78. The summed E-state index contributed by atoms with van der Waals surface area (Å²) in [5, 5.41) is 10.2. The van der Waals surface area contributed by atoms with Crippen molar-refractivity contribution in [3.05, 3.63) is 41.7 Å². The Morgan fingerprint density at radius 3 is 3.07 bits per heavy atom. The first-order valence-electron chi connectivity index (χ1n) is 4.64. The molecule has 0 aliphatic rings. The Hall–Kier alpha value is -0.860. The van der Waals surface area contributed by atoms with E-state index >= 15 is 0 Å². The van der Waals surface area contributed by atoms with Crippen LogP contribution in [0.4, 0.5) is 0 Å². The van der Waals surface area contributed by atoms with Crippen LogP contribution in [0.5, 0.6) is 0 Å². The number of unbranched alkanes of at least 4 members (excludes halogenated alkanes) is 1. The lowest BCUT2D eigenvalue weighted by Gasteiger charge is -2.09. The Balaban J connectivity index is 2.51. The fraction of sp³-hybridized carbons (Fsp3) is 0.364. The van der Waals surface area contributed by atoms with Gasteiger partial charge in [-0.1, -0.05) is 17.7 Å². The molecule has 0 fully saturated rings. The topological polar surface area (TPSA) is 33.1 Å². The number of hydrogen-bond acceptors (Lipinski definition) is 2. The summed E-state index contributed by atoms with van der Waals surface area (Å²) in [6.07, 6.45) is 5.60. The van der Waals surface area contributed by atoms with E-state index < -0.39 is 6.10 Å². The SMILES string of the molecule is C=CCCCC(O)c1ccnc(Cl)c1. The number of aliphatic hydroxyl groups is 1. The summed E-state index contributed by atoms with van der Waals surface area (Å²) in [6.45, 7) is 3.63. The van der Waals surface area contributed by atoms with Crippen molar-refractivity contribution in [3.8, 4) is 0 Å². The molecule has 1 heterocycles. The molecule has 0 aromatic carbocycles. The molecular weight excluding hydrogens is 198 g/mol. The summed E-state index contributed by atoms with van der Waals surface area (Å²) in [6, 6.07) is 3.48. The summed E-state index contributed by atoms with van der Waals surface area (Å²) >= 11 is 5.71. The van der Waals surface area contributed by atoms with E-state index in [2.05, 4.69) is 11.6 Å². The van der Waals surface area contributed by atoms with E-state index in [9.17, 15) is 5.11 Å². The number of rotatable bonds is 5. The molecule has 1 unspecified atom stereocenters. The Morgan fingerprint density at radius 2 is 2.43 bits per heavy atom. The van der Waals surface area contributed by atoms with Crippen molar-refractivity contribution in [3.63, 3.8) is 0 Å². The predicted molar refractivity (Wildman–Crippen MR) is 58.3 cm³/mol. The molecule has 1 aromatic rings.